The van der Waals surface area contributed by atoms with Crippen LogP contribution in [0, 0.1) is 28.6 Å². The highest BCUT2D eigenvalue weighted by atomic mass is 32.1. The third-order valence-corrected chi connectivity index (χ3v) is 6.31. The second kappa shape index (κ2) is 7.58. The number of hydrogen-bond donors (Lipinski definition) is 1. The molecular formula is C20H17N9S. The molecule has 30 heavy (non-hydrogen) atoms. The lowest BCUT2D eigenvalue weighted by molar-refractivity contribution is 0.332. The lowest BCUT2D eigenvalue weighted by atomic mass is 9.96. The lowest BCUT2D eigenvalue weighted by Gasteiger charge is -2.22. The molecule has 0 aliphatic carbocycles. The average molecular weight is 415 g/mol. The predicted octanol–water partition coefficient (Wildman–Crippen LogP) is 3.13. The fourth-order valence-corrected chi connectivity index (χ4v) is 4.75. The van der Waals surface area contributed by atoms with E-state index >= 15 is 0 Å². The fraction of sp³-hybridized carbons (Fsp3) is 0.300. The highest BCUT2D eigenvalue weighted by Crippen LogP contribution is 2.35. The molecule has 2 atom stereocenters. The Kier molecular flexibility index (Phi) is 4.62. The Hall–Kier alpha value is -3.76. The van der Waals surface area contributed by atoms with E-state index in [1.165, 1.54) is 17.7 Å². The number of thiazole rings is 1. The number of H-pyrrole nitrogens is 1. The summed E-state index contributed by atoms with van der Waals surface area (Å²) in [6.07, 6.45) is 8.41. The van der Waals surface area contributed by atoms with Gasteiger partial charge in [-0.05, 0) is 12.5 Å². The van der Waals surface area contributed by atoms with Gasteiger partial charge in [0.05, 0.1) is 35.9 Å². The first-order valence-corrected chi connectivity index (χ1v) is 10.4. The molecule has 0 amide bonds. The highest BCUT2D eigenvalue weighted by molar-refractivity contribution is 7.10. The van der Waals surface area contributed by atoms with Gasteiger partial charge in [0.25, 0.3) is 0 Å². The maximum atomic E-state index is 9.44. The van der Waals surface area contributed by atoms with Crippen LogP contribution in [0.25, 0.3) is 22.3 Å². The molecular weight excluding hydrogens is 398 g/mol. The first kappa shape index (κ1) is 18.3. The summed E-state index contributed by atoms with van der Waals surface area (Å²) < 4.78 is 1.89. The average Bonchev–Trinajstić information content (AvgIpc) is 3.56. The molecule has 0 spiro atoms. The van der Waals surface area contributed by atoms with Crippen LogP contribution in [-0.4, -0.2) is 42.8 Å². The Bertz CT molecular complexity index is 1270. The molecule has 0 unspecified atom stereocenters. The number of nitrogens with zero attached hydrogens (tertiary/aromatic N) is 8. The number of hydrogen-bond acceptors (Lipinski definition) is 8. The van der Waals surface area contributed by atoms with E-state index in [2.05, 4.69) is 42.1 Å². The van der Waals surface area contributed by atoms with Crippen LogP contribution in [0.4, 0.5) is 5.82 Å². The summed E-state index contributed by atoms with van der Waals surface area (Å²) in [5.41, 5.74) is 4.20. The van der Waals surface area contributed by atoms with Crippen molar-refractivity contribution < 1.29 is 0 Å². The monoisotopic (exact) mass is 415 g/mol. The maximum Gasteiger partial charge on any atom is 0.157 e. The number of fused-ring (bicyclic) bond motifs is 1. The van der Waals surface area contributed by atoms with Gasteiger partial charge in [0.2, 0.25) is 0 Å². The van der Waals surface area contributed by atoms with Gasteiger partial charge in [-0.1, -0.05) is 0 Å². The normalized spacial score (nSPS) is 17.1. The van der Waals surface area contributed by atoms with Crippen LogP contribution >= 0.6 is 11.3 Å². The lowest BCUT2D eigenvalue weighted by Crippen LogP contribution is -2.25. The number of nitrogens with one attached hydrogen (secondary N) is 1. The number of rotatable bonds is 5. The zero-order valence-electron chi connectivity index (χ0n) is 15.9. The molecule has 10 heteroatoms. The molecule has 148 valence electrons. The van der Waals surface area contributed by atoms with Gasteiger partial charge in [0.1, 0.15) is 22.9 Å². The van der Waals surface area contributed by atoms with E-state index in [0.717, 1.165) is 47.6 Å². The summed E-state index contributed by atoms with van der Waals surface area (Å²) in [7, 11) is 0. The third-order valence-electron chi connectivity index (χ3n) is 5.59. The van der Waals surface area contributed by atoms with Crippen LogP contribution < -0.4 is 4.90 Å². The van der Waals surface area contributed by atoms with Gasteiger partial charge in [-0.3, -0.25) is 4.68 Å². The largest absolute Gasteiger partial charge is 0.354 e. The predicted molar refractivity (Wildman–Crippen MR) is 112 cm³/mol. The van der Waals surface area contributed by atoms with E-state index in [1.54, 1.807) is 11.7 Å². The summed E-state index contributed by atoms with van der Waals surface area (Å²) in [6.45, 7) is 1.56. The topological polar surface area (TPSA) is 123 Å². The van der Waals surface area contributed by atoms with Crippen molar-refractivity contribution in [2.24, 2.45) is 5.92 Å². The SMILES string of the molecule is N#CC[C@@H]([C@H]1CCN(c2ncsc2C#N)C1)n1cc(-c2ncnc3[nH]ccc23)cn1. The number of aromatic amines is 1. The molecule has 1 aliphatic rings. The van der Waals surface area contributed by atoms with Gasteiger partial charge >= 0.3 is 0 Å². The zero-order valence-corrected chi connectivity index (χ0v) is 16.7. The summed E-state index contributed by atoms with van der Waals surface area (Å²) in [4.78, 5) is 18.9. The zero-order chi connectivity index (χ0) is 20.5. The van der Waals surface area contributed by atoms with Crippen molar-refractivity contribution >= 4 is 28.2 Å². The summed E-state index contributed by atoms with van der Waals surface area (Å²) >= 11 is 1.36. The first-order valence-electron chi connectivity index (χ1n) is 9.56. The molecule has 5 rings (SSSR count). The van der Waals surface area contributed by atoms with Crippen molar-refractivity contribution in [3.05, 3.63) is 41.4 Å². The maximum absolute atomic E-state index is 9.44. The van der Waals surface area contributed by atoms with E-state index in [9.17, 15) is 10.5 Å². The third kappa shape index (κ3) is 3.08. The minimum absolute atomic E-state index is 0.0542. The molecule has 0 radical (unpaired) electrons. The minimum atomic E-state index is -0.0542. The van der Waals surface area contributed by atoms with Gasteiger partial charge in [0, 0.05) is 42.4 Å². The highest BCUT2D eigenvalue weighted by Gasteiger charge is 2.33. The second-order valence-electron chi connectivity index (χ2n) is 7.21. The quantitative estimate of drug-likeness (QED) is 0.531. The van der Waals surface area contributed by atoms with Crippen LogP contribution in [0.5, 0.6) is 0 Å². The number of nitriles is 2. The Morgan fingerprint density at radius 3 is 3.10 bits per heavy atom. The molecule has 1 fully saturated rings. The molecule has 0 saturated carbocycles. The smallest absolute Gasteiger partial charge is 0.157 e. The summed E-state index contributed by atoms with van der Waals surface area (Å²) in [5, 5.41) is 24.3. The van der Waals surface area contributed by atoms with Crippen LogP contribution in [0.1, 0.15) is 23.8 Å². The molecule has 1 aliphatic heterocycles. The summed E-state index contributed by atoms with van der Waals surface area (Å²) in [5.74, 6) is 0.987. The standard InChI is InChI=1S/C20H17N9S/c21-4-1-16(13-3-6-28(9-13)20-17(7-22)30-12-26-20)29-10-14(8-27-29)18-15-2-5-23-19(15)25-11-24-18/h2,5,8,10-13,16H,1,3,6,9H2,(H,23,24,25)/t13-,16-/m0/s1. The van der Waals surface area contributed by atoms with Crippen LogP contribution in [0.3, 0.4) is 0 Å². The van der Waals surface area contributed by atoms with Crippen LogP contribution in [-0.2, 0) is 0 Å². The van der Waals surface area contributed by atoms with Gasteiger partial charge in [-0.25, -0.2) is 15.0 Å². The van der Waals surface area contributed by atoms with Crippen molar-refractivity contribution in [2.45, 2.75) is 18.9 Å². The molecule has 5 heterocycles. The molecule has 1 N–H and O–H groups in total. The van der Waals surface area contributed by atoms with Gasteiger partial charge in [-0.15, -0.1) is 11.3 Å². The van der Waals surface area contributed by atoms with Crippen molar-refractivity contribution in [1.82, 2.24) is 29.7 Å². The number of anilines is 1. The second-order valence-corrected chi connectivity index (χ2v) is 8.07. The van der Waals surface area contributed by atoms with Crippen molar-refractivity contribution in [1.29, 1.82) is 10.5 Å². The van der Waals surface area contributed by atoms with Gasteiger partial charge < -0.3 is 9.88 Å². The van der Waals surface area contributed by atoms with E-state index in [0.29, 0.717) is 11.3 Å². The molecule has 0 aromatic carbocycles. The molecule has 9 nitrogen and oxygen atoms in total. The Morgan fingerprint density at radius 1 is 1.30 bits per heavy atom. The van der Waals surface area contributed by atoms with E-state index in [1.807, 2.05) is 23.1 Å². The Labute approximate surface area is 176 Å². The minimum Gasteiger partial charge on any atom is -0.354 e. The van der Waals surface area contributed by atoms with Gasteiger partial charge in [0.15, 0.2) is 5.82 Å². The van der Waals surface area contributed by atoms with E-state index < -0.39 is 0 Å². The van der Waals surface area contributed by atoms with Crippen molar-refractivity contribution in [3.8, 4) is 23.4 Å². The first-order chi connectivity index (χ1) is 14.8. The fourth-order valence-electron chi connectivity index (χ4n) is 4.15. The Balaban J connectivity index is 1.42. The van der Waals surface area contributed by atoms with E-state index in [-0.39, 0.29) is 12.0 Å². The molecule has 1 saturated heterocycles. The van der Waals surface area contributed by atoms with E-state index in [4.69, 9.17) is 0 Å². The van der Waals surface area contributed by atoms with Crippen LogP contribution in [0.15, 0.2) is 36.5 Å². The Morgan fingerprint density at radius 2 is 2.23 bits per heavy atom. The van der Waals surface area contributed by atoms with Crippen molar-refractivity contribution in [3.63, 3.8) is 0 Å². The van der Waals surface area contributed by atoms with Crippen LogP contribution in [0.2, 0.25) is 0 Å². The molecule has 0 bridgehead atoms. The number of aromatic nitrogens is 6. The van der Waals surface area contributed by atoms with Crippen molar-refractivity contribution in [2.75, 3.05) is 18.0 Å². The molecule has 4 aromatic heterocycles. The molecule has 4 aromatic rings. The van der Waals surface area contributed by atoms with Gasteiger partial charge in [-0.2, -0.15) is 15.6 Å². The summed E-state index contributed by atoms with van der Waals surface area (Å²) in [6, 6.07) is 6.43.